The van der Waals surface area contributed by atoms with E-state index in [-0.39, 0.29) is 12.5 Å². The molecule has 0 bridgehead atoms. The molecule has 102 valence electrons. The Morgan fingerprint density at radius 3 is 2.44 bits per heavy atom. The Bertz CT molecular complexity index is 428. The quantitative estimate of drug-likeness (QED) is 0.834. The number of carbonyl (C=O) groups excluding carboxylic acids is 1. The number of hydrogen-bond acceptors (Lipinski definition) is 3. The molecule has 0 fully saturated rings. The van der Waals surface area contributed by atoms with Crippen molar-refractivity contribution < 1.29 is 9.53 Å². The van der Waals surface area contributed by atoms with Crippen molar-refractivity contribution in [1.82, 2.24) is 9.88 Å². The van der Waals surface area contributed by atoms with E-state index in [0.29, 0.717) is 6.54 Å². The van der Waals surface area contributed by atoms with Crippen LogP contribution in [0.3, 0.4) is 0 Å². The normalized spacial score (nSPS) is 11.7. The summed E-state index contributed by atoms with van der Waals surface area (Å²) in [6.07, 6.45) is 0. The second-order valence-corrected chi connectivity index (χ2v) is 5.65. The lowest BCUT2D eigenvalue weighted by molar-refractivity contribution is -0.153. The van der Waals surface area contributed by atoms with Gasteiger partial charge in [-0.1, -0.05) is 0 Å². The molecule has 0 spiro atoms. The summed E-state index contributed by atoms with van der Waals surface area (Å²) in [6, 6.07) is 2.14. The van der Waals surface area contributed by atoms with Crippen molar-refractivity contribution in [1.29, 1.82) is 0 Å². The Labute approximate surface area is 109 Å². The van der Waals surface area contributed by atoms with E-state index in [9.17, 15) is 4.79 Å². The van der Waals surface area contributed by atoms with Gasteiger partial charge in [-0.2, -0.15) is 0 Å². The van der Waals surface area contributed by atoms with Crippen molar-refractivity contribution in [3.63, 3.8) is 0 Å². The van der Waals surface area contributed by atoms with E-state index in [4.69, 9.17) is 4.74 Å². The van der Waals surface area contributed by atoms with Crippen LogP contribution in [0.5, 0.6) is 0 Å². The molecule has 0 amide bonds. The fourth-order valence-electron chi connectivity index (χ4n) is 1.79. The lowest BCUT2D eigenvalue weighted by atomic mass is 10.2. The molecule has 0 radical (unpaired) electrons. The van der Waals surface area contributed by atoms with Crippen LogP contribution in [0.2, 0.25) is 0 Å². The highest BCUT2D eigenvalue weighted by Crippen LogP contribution is 2.12. The van der Waals surface area contributed by atoms with E-state index >= 15 is 0 Å². The summed E-state index contributed by atoms with van der Waals surface area (Å²) in [5.41, 5.74) is 3.25. The Hall–Kier alpha value is -1.29. The number of aromatic nitrogens is 1. The monoisotopic (exact) mass is 252 g/mol. The predicted molar refractivity (Wildman–Crippen MR) is 72.4 cm³/mol. The smallest absolute Gasteiger partial charge is 0.320 e. The molecule has 0 aliphatic heterocycles. The fraction of sp³-hybridized carbons (Fsp3) is 0.643. The molecule has 4 heteroatoms. The molecule has 1 aromatic rings. The zero-order valence-electron chi connectivity index (χ0n) is 12.3. The first-order valence-corrected chi connectivity index (χ1v) is 6.25. The molecular formula is C14H24N2O2. The van der Waals surface area contributed by atoms with Gasteiger partial charge in [0.05, 0.1) is 6.54 Å². The Balaban J connectivity index is 2.42. The zero-order chi connectivity index (χ0) is 13.9. The Morgan fingerprint density at radius 2 is 2.00 bits per heavy atom. The van der Waals surface area contributed by atoms with Crippen molar-refractivity contribution >= 4 is 5.97 Å². The van der Waals surface area contributed by atoms with Crippen LogP contribution in [-0.4, -0.2) is 22.7 Å². The molecule has 1 aromatic heterocycles. The van der Waals surface area contributed by atoms with Crippen LogP contribution >= 0.6 is 0 Å². The number of hydrogen-bond donors (Lipinski definition) is 1. The zero-order valence-corrected chi connectivity index (χ0v) is 12.3. The van der Waals surface area contributed by atoms with E-state index in [1.165, 1.54) is 17.0 Å². The number of ether oxygens (including phenoxy) is 1. The second-order valence-electron chi connectivity index (χ2n) is 5.65. The van der Waals surface area contributed by atoms with E-state index in [2.05, 4.69) is 29.8 Å². The molecule has 0 saturated carbocycles. The molecule has 0 saturated heterocycles. The minimum atomic E-state index is -0.419. The average Bonchev–Trinajstić information content (AvgIpc) is 2.44. The number of carbonyl (C=O) groups is 1. The van der Waals surface area contributed by atoms with Crippen molar-refractivity contribution in [3.05, 3.63) is 23.0 Å². The molecule has 18 heavy (non-hydrogen) atoms. The summed E-state index contributed by atoms with van der Waals surface area (Å²) in [6.45, 7) is 10.7. The largest absolute Gasteiger partial charge is 0.459 e. The van der Waals surface area contributed by atoms with Gasteiger partial charge in [-0.3, -0.25) is 4.79 Å². The lowest BCUT2D eigenvalue weighted by Gasteiger charge is -2.19. The first-order chi connectivity index (χ1) is 8.20. The predicted octanol–water partition coefficient (Wildman–Crippen LogP) is 2.07. The third kappa shape index (κ3) is 4.18. The van der Waals surface area contributed by atoms with E-state index < -0.39 is 5.60 Å². The fourth-order valence-corrected chi connectivity index (χ4v) is 1.79. The average molecular weight is 252 g/mol. The molecule has 1 rings (SSSR count). The van der Waals surface area contributed by atoms with Crippen LogP contribution in [0.4, 0.5) is 0 Å². The maximum atomic E-state index is 11.5. The van der Waals surface area contributed by atoms with Crippen molar-refractivity contribution in [2.45, 2.75) is 46.8 Å². The van der Waals surface area contributed by atoms with Gasteiger partial charge >= 0.3 is 5.97 Å². The molecule has 0 atom stereocenters. The first-order valence-electron chi connectivity index (χ1n) is 6.25. The summed E-state index contributed by atoms with van der Waals surface area (Å²) >= 11 is 0. The molecule has 0 aliphatic carbocycles. The van der Waals surface area contributed by atoms with Crippen LogP contribution in [0.15, 0.2) is 6.07 Å². The SMILES string of the molecule is Cc1cc(CNCC(=O)OC(C)(C)C)c(C)n1C. The van der Waals surface area contributed by atoms with Crippen molar-refractivity contribution in [2.24, 2.45) is 7.05 Å². The van der Waals surface area contributed by atoms with Crippen LogP contribution < -0.4 is 5.32 Å². The summed E-state index contributed by atoms with van der Waals surface area (Å²) in [5, 5.41) is 3.12. The van der Waals surface area contributed by atoms with Gasteiger partial charge in [0.1, 0.15) is 5.60 Å². The number of esters is 1. The minimum absolute atomic E-state index is 0.215. The number of nitrogens with one attached hydrogen (secondary N) is 1. The van der Waals surface area contributed by atoms with Crippen LogP contribution in [0.25, 0.3) is 0 Å². The van der Waals surface area contributed by atoms with Gasteiger partial charge in [-0.05, 0) is 46.2 Å². The van der Waals surface area contributed by atoms with E-state index in [1.807, 2.05) is 27.8 Å². The standard InChI is InChI=1S/C14H24N2O2/c1-10-7-12(11(2)16(10)6)8-15-9-13(17)18-14(3,4)5/h7,15H,8-9H2,1-6H3. The molecule has 0 aliphatic rings. The van der Waals surface area contributed by atoms with Crippen molar-refractivity contribution in [3.8, 4) is 0 Å². The van der Waals surface area contributed by atoms with Gasteiger partial charge < -0.3 is 14.6 Å². The number of aryl methyl sites for hydroxylation is 1. The van der Waals surface area contributed by atoms with Crippen LogP contribution in [0.1, 0.15) is 37.7 Å². The molecule has 0 aromatic carbocycles. The lowest BCUT2D eigenvalue weighted by Crippen LogP contribution is -2.31. The second kappa shape index (κ2) is 5.57. The summed E-state index contributed by atoms with van der Waals surface area (Å²) < 4.78 is 7.37. The Morgan fingerprint density at radius 1 is 1.39 bits per heavy atom. The first kappa shape index (κ1) is 14.8. The van der Waals surface area contributed by atoms with Crippen LogP contribution in [0, 0.1) is 13.8 Å². The molecule has 1 heterocycles. The maximum absolute atomic E-state index is 11.5. The van der Waals surface area contributed by atoms with E-state index in [0.717, 1.165) is 0 Å². The molecule has 4 nitrogen and oxygen atoms in total. The highest BCUT2D eigenvalue weighted by Gasteiger charge is 2.15. The Kier molecular flexibility index (Phi) is 4.57. The third-order valence-electron chi connectivity index (χ3n) is 2.88. The van der Waals surface area contributed by atoms with Gasteiger partial charge in [0.25, 0.3) is 0 Å². The summed E-state index contributed by atoms with van der Waals surface area (Å²) in [4.78, 5) is 11.5. The highest BCUT2D eigenvalue weighted by atomic mass is 16.6. The highest BCUT2D eigenvalue weighted by molar-refractivity contribution is 5.72. The maximum Gasteiger partial charge on any atom is 0.320 e. The van der Waals surface area contributed by atoms with Crippen molar-refractivity contribution in [2.75, 3.05) is 6.54 Å². The third-order valence-corrected chi connectivity index (χ3v) is 2.88. The topological polar surface area (TPSA) is 43.3 Å². The van der Waals surface area contributed by atoms with Gasteiger partial charge in [0, 0.05) is 25.0 Å². The molecule has 0 unspecified atom stereocenters. The minimum Gasteiger partial charge on any atom is -0.459 e. The summed E-state index contributed by atoms with van der Waals surface area (Å²) in [5.74, 6) is -0.215. The molecule has 1 N–H and O–H groups in total. The van der Waals surface area contributed by atoms with Gasteiger partial charge in [-0.25, -0.2) is 0 Å². The van der Waals surface area contributed by atoms with Gasteiger partial charge in [0.15, 0.2) is 0 Å². The van der Waals surface area contributed by atoms with Crippen LogP contribution in [-0.2, 0) is 23.1 Å². The molecular weight excluding hydrogens is 228 g/mol. The number of nitrogens with zero attached hydrogens (tertiary/aromatic N) is 1. The number of rotatable bonds is 4. The van der Waals surface area contributed by atoms with Gasteiger partial charge in [0.2, 0.25) is 0 Å². The van der Waals surface area contributed by atoms with E-state index in [1.54, 1.807) is 0 Å². The summed E-state index contributed by atoms with van der Waals surface area (Å²) in [7, 11) is 2.04. The van der Waals surface area contributed by atoms with Gasteiger partial charge in [-0.15, -0.1) is 0 Å².